The van der Waals surface area contributed by atoms with Gasteiger partial charge in [-0.2, -0.15) is 4.98 Å². The zero-order valence-corrected chi connectivity index (χ0v) is 22.0. The molecule has 0 saturated heterocycles. The largest absolute Gasteiger partial charge is 0.488 e. The molecule has 0 radical (unpaired) electrons. The van der Waals surface area contributed by atoms with E-state index in [9.17, 15) is 18.8 Å². The third-order valence-electron chi connectivity index (χ3n) is 5.40. The van der Waals surface area contributed by atoms with Crippen molar-refractivity contribution in [3.05, 3.63) is 79.8 Å². The summed E-state index contributed by atoms with van der Waals surface area (Å²) in [5, 5.41) is 6.18. The third-order valence-corrected chi connectivity index (χ3v) is 5.67. The summed E-state index contributed by atoms with van der Waals surface area (Å²) in [5.41, 5.74) is -0.413. The lowest BCUT2D eigenvalue weighted by Crippen LogP contribution is -2.46. The third kappa shape index (κ3) is 7.32. The number of aromatic nitrogens is 3. The van der Waals surface area contributed by atoms with Crippen molar-refractivity contribution in [3.63, 3.8) is 0 Å². The van der Waals surface area contributed by atoms with E-state index in [0.717, 1.165) is 10.1 Å². The second kappa shape index (κ2) is 12.4. The summed E-state index contributed by atoms with van der Waals surface area (Å²) < 4.78 is 22.2. The highest BCUT2D eigenvalue weighted by atomic mass is 35.5. The zero-order chi connectivity index (χ0) is 27.1. The van der Waals surface area contributed by atoms with Crippen LogP contribution in [-0.2, 0) is 13.1 Å². The summed E-state index contributed by atoms with van der Waals surface area (Å²) in [6.07, 6.45) is -0.207. The van der Waals surface area contributed by atoms with Crippen LogP contribution in [0.25, 0.3) is 0 Å². The van der Waals surface area contributed by atoms with Crippen LogP contribution < -0.4 is 26.7 Å². The molecule has 0 fully saturated rings. The van der Waals surface area contributed by atoms with Gasteiger partial charge in [0, 0.05) is 50.6 Å². The van der Waals surface area contributed by atoms with E-state index in [4.69, 9.17) is 16.3 Å². The number of amides is 2. The van der Waals surface area contributed by atoms with Gasteiger partial charge in [-0.3, -0.25) is 4.57 Å². The maximum absolute atomic E-state index is 14.5. The average Bonchev–Trinajstić information content (AvgIpc) is 2.85. The standard InChI is InChI=1S/C25H30ClFN6O4/c1-5-31(4)23(34)28-12-13-32-24(35)30-22(29-19-10-11-21(20(27)14-19)37-16(2)3)33(25(32)36)15-17-6-8-18(26)9-7-17/h6-11,14,16,26H,5,12-13,15H2,1-4H3,(H-,28,29,30,34,35)/p+1. The average molecular weight is 534 g/mol. The summed E-state index contributed by atoms with van der Waals surface area (Å²) in [7, 11) is 1.63. The summed E-state index contributed by atoms with van der Waals surface area (Å²) in [4.78, 5) is 43.7. The molecule has 2 aromatic carbocycles. The Bertz CT molecular complexity index is 1360. The Kier molecular flexibility index (Phi) is 9.29. The summed E-state index contributed by atoms with van der Waals surface area (Å²) in [6.45, 7) is 5.97. The molecule has 3 aromatic rings. The molecular weight excluding hydrogens is 503 g/mol. The lowest BCUT2D eigenvalue weighted by Gasteiger charge is -2.18. The minimum absolute atomic E-state index is 0.0552. The molecule has 0 spiro atoms. The zero-order valence-electron chi connectivity index (χ0n) is 21.2. The van der Waals surface area contributed by atoms with Crippen molar-refractivity contribution in [2.24, 2.45) is 0 Å². The van der Waals surface area contributed by atoms with Crippen molar-refractivity contribution in [1.82, 2.24) is 24.3 Å². The first kappa shape index (κ1) is 27.7. The lowest BCUT2D eigenvalue weighted by molar-refractivity contribution is -0.288. The first-order chi connectivity index (χ1) is 17.6. The van der Waals surface area contributed by atoms with E-state index in [1.54, 1.807) is 51.2 Å². The van der Waals surface area contributed by atoms with E-state index >= 15 is 0 Å². The van der Waals surface area contributed by atoms with Crippen molar-refractivity contribution >= 4 is 17.7 Å². The van der Waals surface area contributed by atoms with Crippen molar-refractivity contribution in [1.29, 1.82) is 0 Å². The van der Waals surface area contributed by atoms with E-state index in [1.165, 1.54) is 21.6 Å². The minimum Gasteiger partial charge on any atom is -0.488 e. The van der Waals surface area contributed by atoms with Gasteiger partial charge in [0.1, 0.15) is 0 Å². The van der Waals surface area contributed by atoms with E-state index < -0.39 is 17.2 Å². The van der Waals surface area contributed by atoms with Crippen LogP contribution in [0.4, 0.5) is 20.8 Å². The molecule has 0 aliphatic rings. The summed E-state index contributed by atoms with van der Waals surface area (Å²) in [6, 6.07) is 10.9. The molecule has 0 aliphatic carbocycles. The molecule has 198 valence electrons. The van der Waals surface area contributed by atoms with Gasteiger partial charge >= 0.3 is 17.4 Å². The number of hydrogen-bond acceptors (Lipinski definition) is 6. The van der Waals surface area contributed by atoms with E-state index in [0.29, 0.717) is 11.6 Å². The van der Waals surface area contributed by atoms with Crippen LogP contribution in [0.3, 0.4) is 0 Å². The number of nitrogens with one attached hydrogen (secondary N) is 2. The molecule has 12 heteroatoms. The molecule has 2 N–H and O–H groups in total. The van der Waals surface area contributed by atoms with Crippen LogP contribution in [0.15, 0.2) is 52.1 Å². The SMILES string of the molecule is CCN(C)C(=O)NCCn1c(=O)nc(Nc2ccc(OC(C)C)c(F)c2)n(Cc2ccc([ClH+])cc2)c1=O. The van der Waals surface area contributed by atoms with Crippen LogP contribution in [0.2, 0.25) is 5.02 Å². The number of rotatable bonds is 10. The molecule has 1 aromatic heterocycles. The molecule has 0 saturated carbocycles. The normalized spacial score (nSPS) is 10.9. The highest BCUT2D eigenvalue weighted by Gasteiger charge is 2.16. The molecule has 2 amide bonds. The first-order valence-corrected chi connectivity index (χ1v) is 12.2. The van der Waals surface area contributed by atoms with Gasteiger partial charge in [-0.05, 0) is 38.5 Å². The highest BCUT2D eigenvalue weighted by molar-refractivity contribution is 5.73. The smallest absolute Gasteiger partial charge is 0.355 e. The second-order valence-corrected chi connectivity index (χ2v) is 9.04. The molecule has 0 aliphatic heterocycles. The minimum atomic E-state index is -0.803. The van der Waals surface area contributed by atoms with Crippen LogP contribution in [0, 0.1) is 17.4 Å². The van der Waals surface area contributed by atoms with E-state index in [1.807, 2.05) is 6.92 Å². The number of hydrogen-bond donors (Lipinski definition) is 2. The number of ether oxygens (including phenoxy) is 1. The monoisotopic (exact) mass is 533 g/mol. The van der Waals surface area contributed by atoms with Gasteiger partial charge in [0.15, 0.2) is 23.2 Å². The van der Waals surface area contributed by atoms with Crippen molar-refractivity contribution in [3.8, 4) is 5.75 Å². The van der Waals surface area contributed by atoms with Gasteiger partial charge in [-0.25, -0.2) is 23.3 Å². The predicted molar refractivity (Wildman–Crippen MR) is 136 cm³/mol. The number of nitrogens with zero attached hydrogens (tertiary/aromatic N) is 4. The van der Waals surface area contributed by atoms with E-state index in [-0.39, 0.29) is 49.2 Å². The fourth-order valence-electron chi connectivity index (χ4n) is 3.35. The Balaban J connectivity index is 1.95. The molecule has 0 atom stereocenters. The fraction of sp³-hybridized carbons (Fsp3) is 0.360. The van der Waals surface area contributed by atoms with Crippen LogP contribution in [0.5, 0.6) is 5.75 Å². The Morgan fingerprint density at radius 3 is 2.49 bits per heavy atom. The fourth-order valence-corrected chi connectivity index (χ4v) is 3.48. The first-order valence-electron chi connectivity index (χ1n) is 11.8. The van der Waals surface area contributed by atoms with Crippen LogP contribution in [0.1, 0.15) is 26.3 Å². The van der Waals surface area contributed by atoms with Crippen molar-refractivity contribution in [2.75, 3.05) is 25.5 Å². The Morgan fingerprint density at radius 1 is 1.16 bits per heavy atom. The van der Waals surface area contributed by atoms with Gasteiger partial charge in [-0.1, -0.05) is 12.1 Å². The number of anilines is 2. The predicted octanol–water partition coefficient (Wildman–Crippen LogP) is 2.48. The molecule has 0 bridgehead atoms. The van der Waals surface area contributed by atoms with Gasteiger partial charge in [-0.15, -0.1) is 0 Å². The quantitative estimate of drug-likeness (QED) is 0.414. The summed E-state index contributed by atoms with van der Waals surface area (Å²) in [5.74, 6) is -0.573. The number of urea groups is 1. The Labute approximate surface area is 218 Å². The molecule has 37 heavy (non-hydrogen) atoms. The van der Waals surface area contributed by atoms with Gasteiger partial charge in [0.25, 0.3) is 0 Å². The van der Waals surface area contributed by atoms with Crippen LogP contribution >= 0.6 is 0 Å². The van der Waals surface area contributed by atoms with Gasteiger partial charge in [0.2, 0.25) is 11.0 Å². The van der Waals surface area contributed by atoms with Crippen LogP contribution in [-0.4, -0.2) is 51.3 Å². The molecule has 0 unspecified atom stereocenters. The maximum Gasteiger partial charge on any atom is 0.355 e. The molecule has 10 nitrogen and oxygen atoms in total. The van der Waals surface area contributed by atoms with E-state index in [2.05, 4.69) is 15.6 Å². The lowest BCUT2D eigenvalue weighted by atomic mass is 10.2. The van der Waals surface area contributed by atoms with Crippen molar-refractivity contribution in [2.45, 2.75) is 40.0 Å². The number of carbonyl (C=O) groups is 1. The molecular formula is C25H31ClFN6O4+. The number of benzene rings is 2. The second-order valence-electron chi connectivity index (χ2n) is 8.57. The van der Waals surface area contributed by atoms with Crippen molar-refractivity contribution < 1.29 is 25.5 Å². The Morgan fingerprint density at radius 2 is 1.86 bits per heavy atom. The molecule has 3 rings (SSSR count). The van der Waals surface area contributed by atoms with Gasteiger partial charge < -0.3 is 20.3 Å². The summed E-state index contributed by atoms with van der Waals surface area (Å²) >= 11 is 5.13. The van der Waals surface area contributed by atoms with Gasteiger partial charge in [0.05, 0.1) is 12.6 Å². The topological polar surface area (TPSA) is 110 Å². The highest BCUT2D eigenvalue weighted by Crippen LogP contribution is 2.24. The maximum atomic E-state index is 14.5. The number of halogens is 2. The Hall–Kier alpha value is -3.86. The number of carbonyl (C=O) groups excluding carboxylic acids is 1. The molecule has 1 heterocycles.